The van der Waals surface area contributed by atoms with Crippen LogP contribution >= 0.6 is 0 Å². The highest BCUT2D eigenvalue weighted by Crippen LogP contribution is 2.64. The Morgan fingerprint density at radius 2 is 1.66 bits per heavy atom. The molecule has 1 saturated heterocycles. The number of hydrogen-bond acceptors (Lipinski definition) is 7. The highest BCUT2D eigenvalue weighted by molar-refractivity contribution is 6.17. The molecule has 5 rings (SSSR count). The number of allylic oxidation sites excluding steroid dienone is 5. The molecule has 1 aromatic rings. The average Bonchev–Trinajstić information content (AvgIpc) is 3.18. The van der Waals surface area contributed by atoms with Gasteiger partial charge in [-0.15, -0.1) is 0 Å². The second kappa shape index (κ2) is 11.8. The lowest BCUT2D eigenvalue weighted by atomic mass is 9.60. The van der Waals surface area contributed by atoms with Gasteiger partial charge in [0, 0.05) is 29.0 Å². The molecular weight excluding hydrogens is 600 g/mol. The number of rotatable bonds is 9. The van der Waals surface area contributed by atoms with Crippen LogP contribution in [0.3, 0.4) is 0 Å². The first-order valence-electron chi connectivity index (χ1n) is 16.3. The standard InChI is InChI=1S/C38H46O9/c1-21(2)11-10-18-36(8)19-17-24-29(39)28-30(40)26-12-9-13-27-35(6,7)47-37(34(43)44,20-16-23(5)33(41)42)38(26,27)46-32(28)25(31(24)45-36)15-14-22(3)4/h11-12,14,16-17,19,27,39H,9-10,13,15,18,20H2,1-8H3,(H,41,42)(H,43,44)/t27-,36+,37-,38-/m0/s1. The van der Waals surface area contributed by atoms with Gasteiger partial charge < -0.3 is 29.5 Å². The Labute approximate surface area is 276 Å². The van der Waals surface area contributed by atoms with E-state index in [1.54, 1.807) is 26.0 Å². The van der Waals surface area contributed by atoms with Crippen molar-refractivity contribution in [2.75, 3.05) is 0 Å². The van der Waals surface area contributed by atoms with Gasteiger partial charge in [-0.3, -0.25) is 4.79 Å². The summed E-state index contributed by atoms with van der Waals surface area (Å²) < 4.78 is 20.2. The molecule has 4 aliphatic rings. The van der Waals surface area contributed by atoms with Crippen molar-refractivity contribution in [3.8, 4) is 17.2 Å². The van der Waals surface area contributed by atoms with Crippen LogP contribution in [0, 0.1) is 5.92 Å². The second-order valence-electron chi connectivity index (χ2n) is 14.5. The van der Waals surface area contributed by atoms with E-state index in [-0.39, 0.29) is 34.6 Å². The van der Waals surface area contributed by atoms with E-state index in [0.717, 1.165) is 12.0 Å². The van der Waals surface area contributed by atoms with Gasteiger partial charge in [-0.25, -0.2) is 9.59 Å². The van der Waals surface area contributed by atoms with Crippen molar-refractivity contribution in [2.24, 2.45) is 5.92 Å². The summed E-state index contributed by atoms with van der Waals surface area (Å²) in [5.41, 5.74) is -2.67. The SMILES string of the molecule is CC(C)=CCC[C@]1(C)C=Cc2c(O)c3c(c(CC=C(C)C)c2O1)O[C@@]12C(=CCC[C@H]1C(C)(C)O[C@@]2(CC=C(C)C(=O)O)C(=O)O)C3=O. The number of ether oxygens (including phenoxy) is 3. The third-order valence-corrected chi connectivity index (χ3v) is 10.0. The summed E-state index contributed by atoms with van der Waals surface area (Å²) in [5.74, 6) is -3.53. The van der Waals surface area contributed by atoms with Gasteiger partial charge in [0.1, 0.15) is 28.4 Å². The molecule has 0 radical (unpaired) electrons. The number of ketones is 1. The number of aromatic hydroxyl groups is 1. The minimum Gasteiger partial charge on any atom is -0.506 e. The maximum Gasteiger partial charge on any atom is 0.340 e. The van der Waals surface area contributed by atoms with Crippen molar-refractivity contribution in [3.05, 3.63) is 69.4 Å². The molecule has 1 spiro atoms. The van der Waals surface area contributed by atoms with Gasteiger partial charge in [0.25, 0.3) is 0 Å². The van der Waals surface area contributed by atoms with Crippen LogP contribution in [0.4, 0.5) is 0 Å². The monoisotopic (exact) mass is 646 g/mol. The number of Topliss-reactive ketones (excluding diaryl/α,β-unsaturated/α-hetero) is 1. The Balaban J connectivity index is 1.80. The third kappa shape index (κ3) is 5.42. The average molecular weight is 647 g/mol. The van der Waals surface area contributed by atoms with E-state index >= 15 is 0 Å². The number of carboxylic acid groups (broad SMARTS) is 2. The zero-order chi connectivity index (χ0) is 34.7. The Morgan fingerprint density at radius 3 is 2.28 bits per heavy atom. The number of phenols is 1. The molecule has 0 bridgehead atoms. The molecule has 1 aliphatic carbocycles. The number of hydrogen-bond donors (Lipinski definition) is 3. The number of benzene rings is 1. The van der Waals surface area contributed by atoms with Crippen molar-refractivity contribution < 1.29 is 43.9 Å². The van der Waals surface area contributed by atoms with E-state index in [0.29, 0.717) is 42.6 Å². The van der Waals surface area contributed by atoms with Gasteiger partial charge in [-0.2, -0.15) is 0 Å². The molecule has 0 aromatic heterocycles. The van der Waals surface area contributed by atoms with Crippen LogP contribution < -0.4 is 9.47 Å². The molecule has 252 valence electrons. The van der Waals surface area contributed by atoms with Crippen LogP contribution in [-0.4, -0.2) is 55.4 Å². The predicted molar refractivity (Wildman–Crippen MR) is 178 cm³/mol. The molecule has 1 aromatic carbocycles. The van der Waals surface area contributed by atoms with E-state index in [2.05, 4.69) is 6.08 Å². The maximum absolute atomic E-state index is 14.7. The lowest BCUT2D eigenvalue weighted by Crippen LogP contribution is -2.66. The summed E-state index contributed by atoms with van der Waals surface area (Å²) in [6.45, 7) is 14.9. The molecule has 9 heteroatoms. The first kappa shape index (κ1) is 34.2. The van der Waals surface area contributed by atoms with Gasteiger partial charge in [-0.05, 0) is 99.6 Å². The van der Waals surface area contributed by atoms with E-state index < -0.39 is 46.0 Å². The molecule has 9 nitrogen and oxygen atoms in total. The third-order valence-electron chi connectivity index (χ3n) is 10.0. The van der Waals surface area contributed by atoms with E-state index in [9.17, 15) is 29.7 Å². The van der Waals surface area contributed by atoms with Gasteiger partial charge >= 0.3 is 11.9 Å². The minimum atomic E-state index is -2.16. The molecule has 3 heterocycles. The number of carboxylic acids is 2. The summed E-state index contributed by atoms with van der Waals surface area (Å²) >= 11 is 0. The molecule has 0 saturated carbocycles. The largest absolute Gasteiger partial charge is 0.506 e. The first-order valence-corrected chi connectivity index (χ1v) is 16.3. The molecule has 4 atom stereocenters. The molecule has 3 aliphatic heterocycles. The maximum atomic E-state index is 14.7. The Bertz CT molecular complexity index is 1700. The van der Waals surface area contributed by atoms with Crippen molar-refractivity contribution in [1.29, 1.82) is 0 Å². The fourth-order valence-corrected chi connectivity index (χ4v) is 7.66. The van der Waals surface area contributed by atoms with E-state index in [1.165, 1.54) is 18.6 Å². The molecule has 0 unspecified atom stereocenters. The minimum absolute atomic E-state index is 0.0407. The first-order chi connectivity index (χ1) is 21.9. The van der Waals surface area contributed by atoms with Crippen molar-refractivity contribution >= 4 is 23.8 Å². The van der Waals surface area contributed by atoms with Crippen LogP contribution in [-0.2, 0) is 20.7 Å². The summed E-state index contributed by atoms with van der Waals surface area (Å²) in [7, 11) is 0. The van der Waals surface area contributed by atoms with Crippen LogP contribution in [0.25, 0.3) is 6.08 Å². The molecule has 47 heavy (non-hydrogen) atoms. The van der Waals surface area contributed by atoms with Crippen LogP contribution in [0.5, 0.6) is 17.2 Å². The zero-order valence-corrected chi connectivity index (χ0v) is 28.6. The Morgan fingerprint density at radius 1 is 0.979 bits per heavy atom. The zero-order valence-electron chi connectivity index (χ0n) is 28.6. The topological polar surface area (TPSA) is 140 Å². The number of phenolic OH excluding ortho intramolecular Hbond substituents is 1. The molecule has 3 N–H and O–H groups in total. The van der Waals surface area contributed by atoms with Crippen molar-refractivity contribution in [2.45, 2.75) is 116 Å². The van der Waals surface area contributed by atoms with Crippen molar-refractivity contribution in [3.63, 3.8) is 0 Å². The highest BCUT2D eigenvalue weighted by atomic mass is 16.6. The van der Waals surface area contributed by atoms with Gasteiger partial charge in [-0.1, -0.05) is 35.5 Å². The van der Waals surface area contributed by atoms with Gasteiger partial charge in [0.2, 0.25) is 5.60 Å². The molecule has 0 amide bonds. The fourth-order valence-electron chi connectivity index (χ4n) is 7.66. The normalized spacial score (nSPS) is 28.4. The van der Waals surface area contributed by atoms with Crippen LogP contribution in [0.15, 0.2) is 52.7 Å². The van der Waals surface area contributed by atoms with E-state index in [1.807, 2.05) is 46.8 Å². The molecule has 1 fully saturated rings. The summed E-state index contributed by atoms with van der Waals surface area (Å²) in [5, 5.41) is 32.4. The second-order valence-corrected chi connectivity index (χ2v) is 14.5. The highest BCUT2D eigenvalue weighted by Gasteiger charge is 2.77. The Hall–Kier alpha value is -4.11. The number of carbonyl (C=O) groups excluding carboxylic acids is 1. The fraction of sp³-hybridized carbons (Fsp3) is 0.500. The number of aliphatic carboxylic acids is 2. The quantitative estimate of drug-likeness (QED) is 0.184. The summed E-state index contributed by atoms with van der Waals surface area (Å²) in [6.07, 6.45) is 13.1. The lowest BCUT2D eigenvalue weighted by molar-refractivity contribution is -0.184. The smallest absolute Gasteiger partial charge is 0.340 e. The predicted octanol–water partition coefficient (Wildman–Crippen LogP) is 7.52. The lowest BCUT2D eigenvalue weighted by Gasteiger charge is -2.50. The van der Waals surface area contributed by atoms with Crippen LogP contribution in [0.2, 0.25) is 0 Å². The Kier molecular flexibility index (Phi) is 8.63. The summed E-state index contributed by atoms with van der Waals surface area (Å²) in [6, 6.07) is 0. The molecular formula is C38H46O9. The number of fused-ring (bicyclic) bond motifs is 2. The van der Waals surface area contributed by atoms with E-state index in [4.69, 9.17) is 14.2 Å². The van der Waals surface area contributed by atoms with Gasteiger partial charge in [0.05, 0.1) is 11.2 Å². The summed E-state index contributed by atoms with van der Waals surface area (Å²) in [4.78, 5) is 40.0. The van der Waals surface area contributed by atoms with Gasteiger partial charge in [0.15, 0.2) is 11.4 Å². The number of carbonyl (C=O) groups is 3. The van der Waals surface area contributed by atoms with Crippen LogP contribution in [0.1, 0.15) is 109 Å². The van der Waals surface area contributed by atoms with Crippen molar-refractivity contribution in [1.82, 2.24) is 0 Å².